The van der Waals surface area contributed by atoms with Crippen molar-refractivity contribution in [3.63, 3.8) is 0 Å². The zero-order valence-corrected chi connectivity index (χ0v) is 9.48. The molecule has 0 aliphatic heterocycles. The van der Waals surface area contributed by atoms with Crippen LogP contribution in [0.5, 0.6) is 0 Å². The van der Waals surface area contributed by atoms with Gasteiger partial charge in [-0.25, -0.2) is 4.72 Å². The Morgan fingerprint density at radius 2 is 1.92 bits per heavy atom. The molecule has 0 aromatic carbocycles. The van der Waals surface area contributed by atoms with E-state index in [0.717, 1.165) is 0 Å². The standard InChI is InChI=1S/C7H19N3O2S/c1-5-10(7(2,3)6-8)13(11,12)9-4/h9H,5-6,8H2,1-4H3. The van der Waals surface area contributed by atoms with Crippen molar-refractivity contribution in [2.24, 2.45) is 5.73 Å². The highest BCUT2D eigenvalue weighted by molar-refractivity contribution is 7.87. The van der Waals surface area contributed by atoms with E-state index in [2.05, 4.69) is 4.72 Å². The van der Waals surface area contributed by atoms with Gasteiger partial charge in [-0.15, -0.1) is 0 Å². The molecule has 0 aromatic heterocycles. The largest absolute Gasteiger partial charge is 0.329 e. The second-order valence-corrected chi connectivity index (χ2v) is 5.19. The number of nitrogens with two attached hydrogens (primary N) is 1. The third kappa shape index (κ3) is 2.91. The Balaban J connectivity index is 4.92. The first-order valence-corrected chi connectivity index (χ1v) is 5.67. The highest BCUT2D eigenvalue weighted by atomic mass is 32.2. The molecule has 3 N–H and O–H groups in total. The first kappa shape index (κ1) is 12.8. The fraction of sp³-hybridized carbons (Fsp3) is 1.00. The smallest absolute Gasteiger partial charge is 0.279 e. The summed E-state index contributed by atoms with van der Waals surface area (Å²) in [6.45, 7) is 6.08. The zero-order valence-electron chi connectivity index (χ0n) is 8.66. The lowest BCUT2D eigenvalue weighted by Crippen LogP contribution is -2.54. The van der Waals surface area contributed by atoms with Crippen LogP contribution in [0.3, 0.4) is 0 Å². The molecule has 6 heteroatoms. The van der Waals surface area contributed by atoms with Crippen LogP contribution < -0.4 is 10.5 Å². The number of nitrogens with zero attached hydrogens (tertiary/aromatic N) is 1. The predicted molar refractivity (Wildman–Crippen MR) is 53.5 cm³/mol. The normalized spacial score (nSPS) is 13.7. The van der Waals surface area contributed by atoms with Crippen molar-refractivity contribution < 1.29 is 8.42 Å². The van der Waals surface area contributed by atoms with Gasteiger partial charge in [0.05, 0.1) is 0 Å². The zero-order chi connectivity index (χ0) is 10.7. The monoisotopic (exact) mass is 209 g/mol. The van der Waals surface area contributed by atoms with Crippen molar-refractivity contribution in [1.82, 2.24) is 9.03 Å². The van der Waals surface area contributed by atoms with E-state index in [1.807, 2.05) is 0 Å². The van der Waals surface area contributed by atoms with E-state index in [1.165, 1.54) is 11.4 Å². The highest BCUT2D eigenvalue weighted by Gasteiger charge is 2.32. The average molecular weight is 209 g/mol. The molecule has 0 heterocycles. The number of hydrogen-bond donors (Lipinski definition) is 2. The van der Waals surface area contributed by atoms with Gasteiger partial charge in [-0.1, -0.05) is 6.92 Å². The summed E-state index contributed by atoms with van der Waals surface area (Å²) >= 11 is 0. The number of likely N-dealkylation sites (N-methyl/N-ethyl adjacent to an activating group) is 1. The summed E-state index contributed by atoms with van der Waals surface area (Å²) in [7, 11) is -1.98. The molecule has 80 valence electrons. The molecule has 0 aliphatic carbocycles. The summed E-state index contributed by atoms with van der Waals surface area (Å²) in [5.74, 6) is 0. The lowest BCUT2D eigenvalue weighted by Gasteiger charge is -2.35. The maximum Gasteiger partial charge on any atom is 0.279 e. The van der Waals surface area contributed by atoms with E-state index in [4.69, 9.17) is 5.73 Å². The van der Waals surface area contributed by atoms with Crippen LogP contribution in [-0.4, -0.2) is 38.4 Å². The molecule has 0 rings (SSSR count). The van der Waals surface area contributed by atoms with Crippen molar-refractivity contribution in [2.45, 2.75) is 26.3 Å². The third-order valence-electron chi connectivity index (χ3n) is 2.01. The molecule has 0 aliphatic rings. The number of rotatable bonds is 5. The summed E-state index contributed by atoms with van der Waals surface area (Å²) in [5.41, 5.74) is 4.96. The molecular weight excluding hydrogens is 190 g/mol. The highest BCUT2D eigenvalue weighted by Crippen LogP contribution is 2.15. The van der Waals surface area contributed by atoms with Gasteiger partial charge in [0.2, 0.25) is 0 Å². The maximum absolute atomic E-state index is 11.5. The molecule has 0 spiro atoms. The lowest BCUT2D eigenvalue weighted by molar-refractivity contribution is 0.242. The van der Waals surface area contributed by atoms with Crippen molar-refractivity contribution >= 4 is 10.2 Å². The van der Waals surface area contributed by atoms with E-state index < -0.39 is 15.7 Å². The Bertz CT molecular complexity index is 248. The van der Waals surface area contributed by atoms with Gasteiger partial charge in [-0.05, 0) is 13.8 Å². The molecule has 0 unspecified atom stereocenters. The van der Waals surface area contributed by atoms with Crippen molar-refractivity contribution in [3.05, 3.63) is 0 Å². The summed E-state index contributed by atoms with van der Waals surface area (Å²) in [4.78, 5) is 0. The minimum absolute atomic E-state index is 0.293. The van der Waals surface area contributed by atoms with Crippen LogP contribution in [0.2, 0.25) is 0 Å². The molecule has 0 bridgehead atoms. The van der Waals surface area contributed by atoms with Crippen LogP contribution in [0.4, 0.5) is 0 Å². The van der Waals surface area contributed by atoms with Gasteiger partial charge in [-0.2, -0.15) is 12.7 Å². The molecule has 13 heavy (non-hydrogen) atoms. The van der Waals surface area contributed by atoms with E-state index in [0.29, 0.717) is 13.1 Å². The van der Waals surface area contributed by atoms with Crippen molar-refractivity contribution in [3.8, 4) is 0 Å². The summed E-state index contributed by atoms with van der Waals surface area (Å²) in [5, 5.41) is 0. The van der Waals surface area contributed by atoms with E-state index >= 15 is 0 Å². The fourth-order valence-electron chi connectivity index (χ4n) is 1.14. The fourth-order valence-corrected chi connectivity index (χ4v) is 2.42. The molecule has 0 atom stereocenters. The topological polar surface area (TPSA) is 75.4 Å². The number of hydrogen-bond acceptors (Lipinski definition) is 3. The minimum atomic E-state index is -3.38. The van der Waals surface area contributed by atoms with Crippen molar-refractivity contribution in [1.29, 1.82) is 0 Å². The van der Waals surface area contributed by atoms with Crippen LogP contribution >= 0.6 is 0 Å². The van der Waals surface area contributed by atoms with Gasteiger partial charge in [0.25, 0.3) is 10.2 Å². The van der Waals surface area contributed by atoms with E-state index in [9.17, 15) is 8.42 Å². The van der Waals surface area contributed by atoms with Crippen LogP contribution in [0.25, 0.3) is 0 Å². The minimum Gasteiger partial charge on any atom is -0.329 e. The molecule has 0 saturated heterocycles. The van der Waals surface area contributed by atoms with E-state index in [1.54, 1.807) is 20.8 Å². The second-order valence-electron chi connectivity index (χ2n) is 3.39. The van der Waals surface area contributed by atoms with Crippen LogP contribution in [0.1, 0.15) is 20.8 Å². The molecule has 0 saturated carbocycles. The summed E-state index contributed by atoms with van der Waals surface area (Å²) in [6, 6.07) is 0. The van der Waals surface area contributed by atoms with Crippen molar-refractivity contribution in [2.75, 3.05) is 20.1 Å². The van der Waals surface area contributed by atoms with Gasteiger partial charge in [0.15, 0.2) is 0 Å². The van der Waals surface area contributed by atoms with Gasteiger partial charge in [0, 0.05) is 25.7 Å². The van der Waals surface area contributed by atoms with Crippen LogP contribution in [-0.2, 0) is 10.2 Å². The second kappa shape index (κ2) is 4.36. The lowest BCUT2D eigenvalue weighted by atomic mass is 10.1. The Hall–Kier alpha value is -0.170. The Labute approximate surface area is 80.5 Å². The predicted octanol–water partition coefficient (Wildman–Crippen LogP) is -0.490. The SMILES string of the molecule is CCN(C(C)(C)CN)S(=O)(=O)NC. The molecule has 0 aromatic rings. The maximum atomic E-state index is 11.5. The first-order valence-electron chi connectivity index (χ1n) is 4.23. The third-order valence-corrected chi connectivity index (χ3v) is 3.86. The molecule has 0 radical (unpaired) electrons. The molecule has 0 fully saturated rings. The Morgan fingerprint density at radius 1 is 1.46 bits per heavy atom. The average Bonchev–Trinajstić information content (AvgIpc) is 2.05. The van der Waals surface area contributed by atoms with Gasteiger partial charge in [0.1, 0.15) is 0 Å². The first-order chi connectivity index (χ1) is 5.81. The summed E-state index contributed by atoms with van der Waals surface area (Å²) < 4.78 is 26.6. The van der Waals surface area contributed by atoms with Crippen LogP contribution in [0, 0.1) is 0 Å². The summed E-state index contributed by atoms with van der Waals surface area (Å²) in [6.07, 6.45) is 0. The van der Waals surface area contributed by atoms with Gasteiger partial charge >= 0.3 is 0 Å². The Kier molecular flexibility index (Phi) is 4.31. The quantitative estimate of drug-likeness (QED) is 0.641. The molecule has 0 amide bonds. The number of nitrogens with one attached hydrogen (secondary N) is 1. The van der Waals surface area contributed by atoms with E-state index in [-0.39, 0.29) is 0 Å². The Morgan fingerprint density at radius 3 is 2.15 bits per heavy atom. The van der Waals surface area contributed by atoms with Gasteiger partial charge < -0.3 is 5.73 Å². The van der Waals surface area contributed by atoms with Crippen LogP contribution in [0.15, 0.2) is 0 Å². The van der Waals surface area contributed by atoms with Gasteiger partial charge in [-0.3, -0.25) is 0 Å². The molecular formula is C7H19N3O2S. The molecule has 5 nitrogen and oxygen atoms in total.